The quantitative estimate of drug-likeness (QED) is 0.593. The van der Waals surface area contributed by atoms with Crippen LogP contribution in [0.25, 0.3) is 0 Å². The molecule has 0 radical (unpaired) electrons. The van der Waals surface area contributed by atoms with Gasteiger partial charge in [0.2, 0.25) is 5.88 Å². The van der Waals surface area contributed by atoms with Crippen LogP contribution in [0.15, 0.2) is 30.3 Å². The molecular formula is C13H19N3O4S. The fourth-order valence-electron chi connectivity index (χ4n) is 1.98. The number of unbranched alkanes of at least 4 members (excludes halogenated alkanes) is 1. The molecule has 0 saturated carbocycles. The van der Waals surface area contributed by atoms with Crippen molar-refractivity contribution in [2.75, 3.05) is 10.8 Å². The van der Waals surface area contributed by atoms with Crippen molar-refractivity contribution >= 4 is 15.9 Å². The van der Waals surface area contributed by atoms with Gasteiger partial charge < -0.3 is 15.5 Å². The Labute approximate surface area is 124 Å². The SMILES string of the molecule is CCCCNCc1ccc(O)c(N2C=C(O)NS2(=O)=O)c1. The fraction of sp³-hybridized carbons (Fsp3) is 0.385. The van der Waals surface area contributed by atoms with Crippen molar-refractivity contribution in [2.24, 2.45) is 0 Å². The van der Waals surface area contributed by atoms with Gasteiger partial charge in [0, 0.05) is 6.54 Å². The topological polar surface area (TPSA) is 102 Å². The Bertz CT molecular complexity index is 643. The van der Waals surface area contributed by atoms with Gasteiger partial charge in [0.05, 0.1) is 6.20 Å². The highest BCUT2D eigenvalue weighted by molar-refractivity contribution is 7.91. The number of hydrogen-bond donors (Lipinski definition) is 4. The van der Waals surface area contributed by atoms with E-state index in [0.29, 0.717) is 6.54 Å². The molecule has 0 fully saturated rings. The van der Waals surface area contributed by atoms with Gasteiger partial charge in [-0.1, -0.05) is 19.4 Å². The predicted octanol–water partition coefficient (Wildman–Crippen LogP) is 1.29. The number of phenolic OH excluding ortho intramolecular Hbond substituents is 1. The minimum absolute atomic E-state index is 0.0985. The summed E-state index contributed by atoms with van der Waals surface area (Å²) in [5.74, 6) is -0.662. The summed E-state index contributed by atoms with van der Waals surface area (Å²) in [7, 11) is -3.90. The summed E-state index contributed by atoms with van der Waals surface area (Å²) in [5, 5.41) is 22.4. The average Bonchev–Trinajstić information content (AvgIpc) is 2.69. The van der Waals surface area contributed by atoms with Crippen molar-refractivity contribution in [3.63, 3.8) is 0 Å². The first-order valence-electron chi connectivity index (χ1n) is 6.69. The zero-order valence-corrected chi connectivity index (χ0v) is 12.5. The van der Waals surface area contributed by atoms with Gasteiger partial charge in [0.25, 0.3) is 0 Å². The number of aliphatic hydroxyl groups is 1. The molecule has 1 aliphatic heterocycles. The van der Waals surface area contributed by atoms with Crippen LogP contribution in [0.2, 0.25) is 0 Å². The van der Waals surface area contributed by atoms with Crippen LogP contribution in [0.3, 0.4) is 0 Å². The second kappa shape index (κ2) is 6.23. The van der Waals surface area contributed by atoms with E-state index in [0.717, 1.165) is 35.5 Å². The van der Waals surface area contributed by atoms with Gasteiger partial charge in [-0.05, 0) is 30.7 Å². The van der Waals surface area contributed by atoms with Crippen LogP contribution in [0.5, 0.6) is 5.75 Å². The summed E-state index contributed by atoms with van der Waals surface area (Å²) in [6.07, 6.45) is 3.17. The number of hydrogen-bond acceptors (Lipinski definition) is 5. The van der Waals surface area contributed by atoms with E-state index in [1.54, 1.807) is 12.1 Å². The van der Waals surface area contributed by atoms with Crippen molar-refractivity contribution < 1.29 is 18.6 Å². The van der Waals surface area contributed by atoms with E-state index >= 15 is 0 Å². The Hall–Kier alpha value is -1.93. The Morgan fingerprint density at radius 1 is 1.33 bits per heavy atom. The lowest BCUT2D eigenvalue weighted by molar-refractivity contribution is 0.392. The standard InChI is InChI=1S/C13H19N3O4S/c1-2-3-6-14-8-10-4-5-12(17)11(7-10)16-9-13(18)15-21(16,19)20/h4-5,7,9,14-15,17-18H,2-3,6,8H2,1H3. The molecule has 0 saturated heterocycles. The molecule has 1 aromatic carbocycles. The van der Waals surface area contributed by atoms with Crippen molar-refractivity contribution in [1.82, 2.24) is 10.0 Å². The van der Waals surface area contributed by atoms with E-state index < -0.39 is 16.1 Å². The first-order chi connectivity index (χ1) is 9.94. The largest absolute Gasteiger partial charge is 0.506 e. The van der Waals surface area contributed by atoms with Gasteiger partial charge in [-0.3, -0.25) is 0 Å². The fourth-order valence-corrected chi connectivity index (χ4v) is 3.04. The molecule has 21 heavy (non-hydrogen) atoms. The lowest BCUT2D eigenvalue weighted by Crippen LogP contribution is -2.29. The highest BCUT2D eigenvalue weighted by atomic mass is 32.2. The van der Waals surface area contributed by atoms with Crippen molar-refractivity contribution in [2.45, 2.75) is 26.3 Å². The zero-order valence-electron chi connectivity index (χ0n) is 11.7. The monoisotopic (exact) mass is 313 g/mol. The summed E-state index contributed by atoms with van der Waals surface area (Å²) in [4.78, 5) is 0. The van der Waals surface area contributed by atoms with E-state index in [1.165, 1.54) is 6.07 Å². The van der Waals surface area contributed by atoms with Crippen molar-refractivity contribution in [3.8, 4) is 5.75 Å². The molecule has 116 valence electrons. The summed E-state index contributed by atoms with van der Waals surface area (Å²) in [6.45, 7) is 3.55. The molecule has 1 aliphatic rings. The van der Waals surface area contributed by atoms with Crippen LogP contribution < -0.4 is 14.3 Å². The van der Waals surface area contributed by atoms with Gasteiger partial charge in [0.1, 0.15) is 11.4 Å². The summed E-state index contributed by atoms with van der Waals surface area (Å²) in [6, 6.07) is 4.73. The number of benzene rings is 1. The number of nitrogens with one attached hydrogen (secondary N) is 2. The third-order valence-corrected chi connectivity index (χ3v) is 4.33. The first-order valence-corrected chi connectivity index (χ1v) is 8.13. The van der Waals surface area contributed by atoms with Crippen molar-refractivity contribution in [3.05, 3.63) is 35.8 Å². The number of nitrogens with zero attached hydrogens (tertiary/aromatic N) is 1. The summed E-state index contributed by atoms with van der Waals surface area (Å²) < 4.78 is 26.4. The summed E-state index contributed by atoms with van der Waals surface area (Å²) >= 11 is 0. The maximum atomic E-state index is 11.8. The van der Waals surface area contributed by atoms with Gasteiger partial charge in [-0.25, -0.2) is 9.03 Å². The third kappa shape index (κ3) is 3.59. The lowest BCUT2D eigenvalue weighted by atomic mass is 10.2. The van der Waals surface area contributed by atoms with E-state index in [2.05, 4.69) is 12.2 Å². The summed E-state index contributed by atoms with van der Waals surface area (Å²) in [5.41, 5.74) is 0.940. The number of anilines is 1. The number of aromatic hydroxyl groups is 1. The van der Waals surface area contributed by atoms with Crippen LogP contribution >= 0.6 is 0 Å². The van der Waals surface area contributed by atoms with Crippen LogP contribution in [0, 0.1) is 0 Å². The maximum absolute atomic E-state index is 11.8. The first kappa shape index (κ1) is 15.5. The smallest absolute Gasteiger partial charge is 0.330 e. The Morgan fingerprint density at radius 3 is 2.71 bits per heavy atom. The van der Waals surface area contributed by atoms with Crippen LogP contribution in [0.4, 0.5) is 5.69 Å². The van der Waals surface area contributed by atoms with Crippen LogP contribution in [-0.4, -0.2) is 25.2 Å². The molecule has 0 aliphatic carbocycles. The van der Waals surface area contributed by atoms with E-state index in [1.807, 2.05) is 4.72 Å². The molecule has 0 bridgehead atoms. The second-order valence-corrected chi connectivity index (χ2v) is 6.32. The molecule has 4 N–H and O–H groups in total. The van der Waals surface area contributed by atoms with Gasteiger partial charge in [-0.2, -0.15) is 8.42 Å². The van der Waals surface area contributed by atoms with Crippen LogP contribution in [0.1, 0.15) is 25.3 Å². The molecule has 1 aromatic rings. The molecular weight excluding hydrogens is 294 g/mol. The zero-order chi connectivity index (χ0) is 15.5. The molecule has 1 heterocycles. The third-order valence-electron chi connectivity index (χ3n) is 3.05. The van der Waals surface area contributed by atoms with Crippen LogP contribution in [-0.2, 0) is 16.8 Å². The molecule has 0 amide bonds. The van der Waals surface area contributed by atoms with E-state index in [9.17, 15) is 18.6 Å². The molecule has 0 unspecified atom stereocenters. The second-order valence-electron chi connectivity index (χ2n) is 4.77. The molecule has 0 aromatic heterocycles. The number of rotatable bonds is 6. The van der Waals surface area contributed by atoms with Gasteiger partial charge >= 0.3 is 10.2 Å². The molecule has 8 heteroatoms. The Kier molecular flexibility index (Phi) is 4.59. The average molecular weight is 313 g/mol. The maximum Gasteiger partial charge on any atom is 0.330 e. The normalized spacial score (nSPS) is 16.6. The Balaban J connectivity index is 2.20. The molecule has 0 spiro atoms. The molecule has 0 atom stereocenters. The Morgan fingerprint density at radius 2 is 2.10 bits per heavy atom. The minimum Gasteiger partial charge on any atom is -0.506 e. The van der Waals surface area contributed by atoms with E-state index in [4.69, 9.17) is 0 Å². The van der Waals surface area contributed by atoms with Crippen molar-refractivity contribution in [1.29, 1.82) is 0 Å². The highest BCUT2D eigenvalue weighted by Crippen LogP contribution is 2.32. The highest BCUT2D eigenvalue weighted by Gasteiger charge is 2.30. The lowest BCUT2D eigenvalue weighted by Gasteiger charge is -2.16. The van der Waals surface area contributed by atoms with Gasteiger partial charge in [0.15, 0.2) is 0 Å². The molecule has 2 rings (SSSR count). The number of phenols is 1. The minimum atomic E-state index is -3.90. The predicted molar refractivity (Wildman–Crippen MR) is 80.0 cm³/mol. The number of aliphatic hydroxyl groups excluding tert-OH is 1. The van der Waals surface area contributed by atoms with Gasteiger partial charge in [-0.15, -0.1) is 0 Å². The van der Waals surface area contributed by atoms with E-state index in [-0.39, 0.29) is 11.4 Å². The molecule has 7 nitrogen and oxygen atoms in total.